The Labute approximate surface area is 226 Å². The average molecular weight is 605 g/mol. The third-order valence-corrected chi connectivity index (χ3v) is 6.47. The summed E-state index contributed by atoms with van der Waals surface area (Å²) >= 11 is 8.43. The maximum atomic E-state index is 13.5. The molecule has 0 heterocycles. The molecule has 0 aliphatic rings. The molecule has 0 aromatic heterocycles. The number of halogens is 2. The van der Waals surface area contributed by atoms with Crippen LogP contribution >= 0.6 is 34.2 Å². The van der Waals surface area contributed by atoms with Crippen LogP contribution in [0.3, 0.4) is 0 Å². The lowest BCUT2D eigenvalue weighted by Gasteiger charge is -2.31. The number of ether oxygens (including phenoxy) is 1. The number of hydrogen-bond donors (Lipinski definition) is 1. The quantitative estimate of drug-likeness (QED) is 0.208. The molecule has 0 saturated carbocycles. The number of nitrogens with zero attached hydrogens (tertiary/aromatic N) is 1. The molecule has 5 nitrogen and oxygen atoms in total. The van der Waals surface area contributed by atoms with Gasteiger partial charge in [-0.2, -0.15) is 0 Å². The monoisotopic (exact) mass is 604 g/mol. The van der Waals surface area contributed by atoms with Crippen LogP contribution in [-0.2, 0) is 22.6 Å². The van der Waals surface area contributed by atoms with Gasteiger partial charge < -0.3 is 15.0 Å². The van der Waals surface area contributed by atoms with Gasteiger partial charge in [0.05, 0.1) is 0 Å². The summed E-state index contributed by atoms with van der Waals surface area (Å²) in [7, 11) is 0. The molecule has 0 saturated heterocycles. The molecule has 0 radical (unpaired) electrons. The number of benzene rings is 3. The Kier molecular flexibility index (Phi) is 10.9. The first-order valence-electron chi connectivity index (χ1n) is 11.7. The lowest BCUT2D eigenvalue weighted by Crippen LogP contribution is -2.51. The lowest BCUT2D eigenvalue weighted by molar-refractivity contribution is -0.142. The number of hydrogen-bond acceptors (Lipinski definition) is 3. The fourth-order valence-corrected chi connectivity index (χ4v) is 4.22. The SMILES string of the molecule is CCCCNC(=O)[C@@H](Cc1ccccc1)N(Cc1cccc(Cl)c1)C(=O)COc1ccc(I)cc1. The van der Waals surface area contributed by atoms with Crippen molar-refractivity contribution >= 4 is 46.0 Å². The minimum Gasteiger partial charge on any atom is -0.484 e. The molecule has 0 spiro atoms. The molecule has 0 unspecified atom stereocenters. The van der Waals surface area contributed by atoms with E-state index in [0.29, 0.717) is 23.7 Å². The van der Waals surface area contributed by atoms with Crippen molar-refractivity contribution < 1.29 is 14.3 Å². The summed E-state index contributed by atoms with van der Waals surface area (Å²) in [6.07, 6.45) is 2.25. The van der Waals surface area contributed by atoms with Gasteiger partial charge >= 0.3 is 0 Å². The predicted molar refractivity (Wildman–Crippen MR) is 149 cm³/mol. The molecular formula is C28H30ClIN2O3. The number of carbonyl (C=O) groups is 2. The lowest BCUT2D eigenvalue weighted by atomic mass is 10.0. The molecule has 2 amide bonds. The number of rotatable bonds is 12. The highest BCUT2D eigenvalue weighted by molar-refractivity contribution is 14.1. The first kappa shape index (κ1) is 27.0. The van der Waals surface area contributed by atoms with Crippen LogP contribution in [0.1, 0.15) is 30.9 Å². The Hall–Kier alpha value is -2.58. The minimum atomic E-state index is -0.693. The fourth-order valence-electron chi connectivity index (χ4n) is 3.65. The molecule has 1 N–H and O–H groups in total. The van der Waals surface area contributed by atoms with Crippen LogP contribution in [0, 0.1) is 3.57 Å². The first-order valence-corrected chi connectivity index (χ1v) is 13.2. The Balaban J connectivity index is 1.87. The van der Waals surface area contributed by atoms with Crippen LogP contribution < -0.4 is 10.1 Å². The fraction of sp³-hybridized carbons (Fsp3) is 0.286. The molecular weight excluding hydrogens is 575 g/mol. The van der Waals surface area contributed by atoms with Gasteiger partial charge in [-0.15, -0.1) is 0 Å². The third-order valence-electron chi connectivity index (χ3n) is 5.52. The smallest absolute Gasteiger partial charge is 0.261 e. The second-order valence-corrected chi connectivity index (χ2v) is 9.93. The van der Waals surface area contributed by atoms with E-state index in [9.17, 15) is 9.59 Å². The van der Waals surface area contributed by atoms with Gasteiger partial charge in [-0.3, -0.25) is 9.59 Å². The molecule has 0 aliphatic carbocycles. The van der Waals surface area contributed by atoms with Crippen molar-refractivity contribution in [3.8, 4) is 5.75 Å². The number of unbranched alkanes of at least 4 members (excludes halogenated alkanes) is 1. The molecule has 0 bridgehead atoms. The average Bonchev–Trinajstić information content (AvgIpc) is 2.86. The molecule has 3 aromatic rings. The summed E-state index contributed by atoms with van der Waals surface area (Å²) in [6.45, 7) is 2.71. The van der Waals surface area contributed by atoms with Crippen LogP contribution in [0.5, 0.6) is 5.75 Å². The van der Waals surface area contributed by atoms with Crippen molar-refractivity contribution in [1.29, 1.82) is 0 Å². The zero-order valence-corrected chi connectivity index (χ0v) is 22.7. The number of amides is 2. The molecule has 1 atom stereocenters. The van der Waals surface area contributed by atoms with E-state index in [2.05, 4.69) is 34.8 Å². The minimum absolute atomic E-state index is 0.172. The van der Waals surface area contributed by atoms with E-state index in [1.807, 2.05) is 72.8 Å². The van der Waals surface area contributed by atoms with Crippen LogP contribution in [0.2, 0.25) is 5.02 Å². The summed E-state index contributed by atoms with van der Waals surface area (Å²) in [4.78, 5) is 28.5. The van der Waals surface area contributed by atoms with Gasteiger partial charge in [0, 0.05) is 28.1 Å². The predicted octanol–water partition coefficient (Wildman–Crippen LogP) is 5.88. The molecule has 3 aromatic carbocycles. The molecule has 184 valence electrons. The second kappa shape index (κ2) is 14.1. The van der Waals surface area contributed by atoms with E-state index in [1.54, 1.807) is 11.0 Å². The van der Waals surface area contributed by atoms with Gasteiger partial charge in [0.2, 0.25) is 5.91 Å². The zero-order valence-electron chi connectivity index (χ0n) is 19.8. The summed E-state index contributed by atoms with van der Waals surface area (Å²) in [5.41, 5.74) is 1.82. The summed E-state index contributed by atoms with van der Waals surface area (Å²) < 4.78 is 6.87. The number of nitrogens with one attached hydrogen (secondary N) is 1. The van der Waals surface area contributed by atoms with Crippen LogP contribution in [-0.4, -0.2) is 35.9 Å². The van der Waals surface area contributed by atoms with Crippen LogP contribution in [0.25, 0.3) is 0 Å². The van der Waals surface area contributed by atoms with E-state index < -0.39 is 6.04 Å². The maximum Gasteiger partial charge on any atom is 0.261 e. The first-order chi connectivity index (χ1) is 17.0. The Morgan fingerprint density at radius 1 is 1.00 bits per heavy atom. The van der Waals surface area contributed by atoms with Gasteiger partial charge in [0.1, 0.15) is 11.8 Å². The standard InChI is InChI=1S/C28H30ClIN2O3/c1-2-3-16-31-28(34)26(18-21-8-5-4-6-9-21)32(19-22-10-7-11-23(29)17-22)27(33)20-35-25-14-12-24(30)13-15-25/h4-15,17,26H,2-3,16,18-20H2,1H3,(H,31,34)/t26-/m1/s1. The van der Waals surface area contributed by atoms with Crippen LogP contribution in [0.15, 0.2) is 78.9 Å². The molecule has 35 heavy (non-hydrogen) atoms. The van der Waals surface area contributed by atoms with Gasteiger partial charge in [-0.05, 0) is 76.5 Å². The highest BCUT2D eigenvalue weighted by atomic mass is 127. The van der Waals surface area contributed by atoms with Crippen molar-refractivity contribution in [3.05, 3.63) is 98.6 Å². The van der Waals surface area contributed by atoms with Crippen molar-refractivity contribution in [2.75, 3.05) is 13.2 Å². The third kappa shape index (κ3) is 8.85. The van der Waals surface area contributed by atoms with E-state index in [4.69, 9.17) is 16.3 Å². The topological polar surface area (TPSA) is 58.6 Å². The van der Waals surface area contributed by atoms with Crippen LogP contribution in [0.4, 0.5) is 0 Å². The second-order valence-electron chi connectivity index (χ2n) is 8.24. The van der Waals surface area contributed by atoms with E-state index in [0.717, 1.165) is 27.5 Å². The van der Waals surface area contributed by atoms with Gasteiger partial charge in [0.15, 0.2) is 6.61 Å². The van der Waals surface area contributed by atoms with Crippen molar-refractivity contribution in [1.82, 2.24) is 10.2 Å². The highest BCUT2D eigenvalue weighted by Gasteiger charge is 2.30. The Morgan fingerprint density at radius 3 is 2.40 bits per heavy atom. The summed E-state index contributed by atoms with van der Waals surface area (Å²) in [5, 5.41) is 3.60. The molecule has 0 aliphatic heterocycles. The van der Waals surface area contributed by atoms with Gasteiger partial charge in [0.25, 0.3) is 5.91 Å². The Morgan fingerprint density at radius 2 is 1.71 bits per heavy atom. The van der Waals surface area contributed by atoms with Crippen molar-refractivity contribution in [3.63, 3.8) is 0 Å². The van der Waals surface area contributed by atoms with Crippen molar-refractivity contribution in [2.45, 2.75) is 38.8 Å². The largest absolute Gasteiger partial charge is 0.484 e. The van der Waals surface area contributed by atoms with E-state index in [-0.39, 0.29) is 25.0 Å². The van der Waals surface area contributed by atoms with Crippen molar-refractivity contribution in [2.24, 2.45) is 0 Å². The molecule has 3 rings (SSSR count). The van der Waals surface area contributed by atoms with Gasteiger partial charge in [-0.1, -0.05) is 67.4 Å². The van der Waals surface area contributed by atoms with E-state index in [1.165, 1.54) is 0 Å². The molecule has 0 fully saturated rings. The normalized spacial score (nSPS) is 11.5. The van der Waals surface area contributed by atoms with E-state index >= 15 is 0 Å². The maximum absolute atomic E-state index is 13.5. The number of carbonyl (C=O) groups excluding carboxylic acids is 2. The zero-order chi connectivity index (χ0) is 25.0. The molecule has 7 heteroatoms. The van der Waals surface area contributed by atoms with Gasteiger partial charge in [-0.25, -0.2) is 0 Å². The summed E-state index contributed by atoms with van der Waals surface area (Å²) in [6, 6.07) is 23.9. The summed E-state index contributed by atoms with van der Waals surface area (Å²) in [5.74, 6) is 0.163. The Bertz CT molecular complexity index is 1090. The highest BCUT2D eigenvalue weighted by Crippen LogP contribution is 2.19.